The average molecular weight is 614 g/mol. The Hall–Kier alpha value is -6.12. The number of anilines is 3. The van der Waals surface area contributed by atoms with Crippen LogP contribution in [0.3, 0.4) is 0 Å². The number of hydrogen-bond donors (Lipinski definition) is 0. The third-order valence-corrected chi connectivity index (χ3v) is 10.2. The highest BCUT2D eigenvalue weighted by atomic mass is 16.5. The van der Waals surface area contributed by atoms with Crippen LogP contribution in [0, 0.1) is 0 Å². The number of nitrogens with zero attached hydrogens (tertiary/aromatic N) is 1. The number of ether oxygens (including phenoxy) is 1. The van der Waals surface area contributed by atoms with Gasteiger partial charge in [-0.1, -0.05) is 127 Å². The maximum absolute atomic E-state index is 6.54. The van der Waals surface area contributed by atoms with Crippen molar-refractivity contribution in [1.82, 2.24) is 0 Å². The molecule has 0 N–H and O–H groups in total. The van der Waals surface area contributed by atoms with Gasteiger partial charge in [-0.3, -0.25) is 0 Å². The van der Waals surface area contributed by atoms with Crippen molar-refractivity contribution in [3.05, 3.63) is 186 Å². The molecular formula is C46H31NO. The summed E-state index contributed by atoms with van der Waals surface area (Å²) in [4.78, 5) is 2.32. The number of allylic oxidation sites excluding steroid dienone is 1. The molecule has 0 amide bonds. The minimum atomic E-state index is 0.268. The molecule has 0 saturated heterocycles. The molecule has 1 atom stereocenters. The summed E-state index contributed by atoms with van der Waals surface area (Å²) in [5.74, 6) is 2.26. The molecule has 1 unspecified atom stereocenters. The van der Waals surface area contributed by atoms with Crippen LogP contribution in [0.2, 0.25) is 0 Å². The van der Waals surface area contributed by atoms with Crippen LogP contribution in [0.15, 0.2) is 170 Å². The van der Waals surface area contributed by atoms with Gasteiger partial charge in [0.15, 0.2) is 0 Å². The van der Waals surface area contributed by atoms with Crippen LogP contribution in [-0.2, 0) is 6.42 Å². The summed E-state index contributed by atoms with van der Waals surface area (Å²) >= 11 is 0. The van der Waals surface area contributed by atoms with Gasteiger partial charge >= 0.3 is 0 Å². The summed E-state index contributed by atoms with van der Waals surface area (Å²) in [7, 11) is 0. The maximum atomic E-state index is 6.54. The highest BCUT2D eigenvalue weighted by Gasteiger charge is 2.33. The van der Waals surface area contributed by atoms with Crippen molar-refractivity contribution in [2.24, 2.45) is 0 Å². The molecule has 2 heteroatoms. The van der Waals surface area contributed by atoms with E-state index in [1.54, 1.807) is 0 Å². The van der Waals surface area contributed by atoms with E-state index in [2.05, 4.69) is 175 Å². The lowest BCUT2D eigenvalue weighted by molar-refractivity contribution is 0.429. The molecule has 2 aliphatic rings. The molecule has 0 aromatic heterocycles. The smallest absolute Gasteiger partial charge is 0.132 e. The van der Waals surface area contributed by atoms with Gasteiger partial charge in [0.25, 0.3) is 0 Å². The van der Waals surface area contributed by atoms with E-state index in [4.69, 9.17) is 4.74 Å². The quantitative estimate of drug-likeness (QED) is 0.183. The van der Waals surface area contributed by atoms with Crippen molar-refractivity contribution in [3.8, 4) is 16.9 Å². The Bertz CT molecular complexity index is 2560. The minimum absolute atomic E-state index is 0.268. The number of benzene rings is 8. The van der Waals surface area contributed by atoms with E-state index in [9.17, 15) is 0 Å². The Balaban J connectivity index is 1.05. The molecule has 10 rings (SSSR count). The monoisotopic (exact) mass is 613 g/mol. The van der Waals surface area contributed by atoms with E-state index in [1.807, 2.05) is 0 Å². The third kappa shape index (κ3) is 4.27. The Kier molecular flexibility index (Phi) is 6.04. The van der Waals surface area contributed by atoms with Gasteiger partial charge in [-0.05, 0) is 97.4 Å². The van der Waals surface area contributed by atoms with Crippen molar-refractivity contribution >= 4 is 55.5 Å². The summed E-state index contributed by atoms with van der Waals surface area (Å²) in [6.45, 7) is 0. The van der Waals surface area contributed by atoms with E-state index in [0.717, 1.165) is 35.0 Å². The predicted octanol–water partition coefficient (Wildman–Crippen LogP) is 12.4. The van der Waals surface area contributed by atoms with Crippen LogP contribution >= 0.6 is 0 Å². The molecule has 48 heavy (non-hydrogen) atoms. The first-order valence-electron chi connectivity index (χ1n) is 16.7. The zero-order chi connectivity index (χ0) is 31.6. The molecule has 0 bridgehead atoms. The fraction of sp³-hybridized carbons (Fsp3) is 0.0435. The standard InChI is InChI=1S/C46H31NO/c1-2-12-35(13-3-1)47(37-24-26-41-43-27-33-10-4-5-11-34(33)28-44(43)48-45(41)29-37)36-22-19-31(20-23-36)38-15-8-16-42-40(38)25-21-32-18-17-30-9-6-7-14-39(30)46(32)42/h1-26,28-29,43H,27H2. The van der Waals surface area contributed by atoms with Gasteiger partial charge in [-0.2, -0.15) is 0 Å². The summed E-state index contributed by atoms with van der Waals surface area (Å²) < 4.78 is 6.54. The Morgan fingerprint density at radius 2 is 1.25 bits per heavy atom. The predicted molar refractivity (Wildman–Crippen MR) is 201 cm³/mol. The molecule has 0 spiro atoms. The second-order valence-corrected chi connectivity index (χ2v) is 12.9. The molecule has 0 saturated carbocycles. The van der Waals surface area contributed by atoms with Crippen molar-refractivity contribution < 1.29 is 4.74 Å². The fourth-order valence-corrected chi connectivity index (χ4v) is 7.89. The highest BCUT2D eigenvalue weighted by Crippen LogP contribution is 2.49. The Morgan fingerprint density at radius 1 is 0.521 bits per heavy atom. The van der Waals surface area contributed by atoms with Crippen LogP contribution in [-0.4, -0.2) is 0 Å². The number of fused-ring (bicyclic) bond motifs is 9. The second-order valence-electron chi connectivity index (χ2n) is 12.9. The van der Waals surface area contributed by atoms with E-state index in [-0.39, 0.29) is 5.92 Å². The van der Waals surface area contributed by atoms with Gasteiger partial charge in [0, 0.05) is 34.6 Å². The summed E-state index contributed by atoms with van der Waals surface area (Å²) in [6.07, 6.45) is 3.19. The maximum Gasteiger partial charge on any atom is 0.132 e. The molecule has 8 aromatic carbocycles. The van der Waals surface area contributed by atoms with Gasteiger partial charge in [0.1, 0.15) is 11.5 Å². The van der Waals surface area contributed by atoms with Crippen LogP contribution in [0.1, 0.15) is 22.6 Å². The number of para-hydroxylation sites is 1. The van der Waals surface area contributed by atoms with E-state index in [1.165, 1.54) is 60.1 Å². The van der Waals surface area contributed by atoms with Crippen LogP contribution < -0.4 is 9.64 Å². The first-order valence-corrected chi connectivity index (χ1v) is 16.7. The third-order valence-electron chi connectivity index (χ3n) is 10.2. The molecule has 1 heterocycles. The molecule has 2 nitrogen and oxygen atoms in total. The van der Waals surface area contributed by atoms with E-state index >= 15 is 0 Å². The van der Waals surface area contributed by atoms with Crippen molar-refractivity contribution in [2.45, 2.75) is 12.3 Å². The van der Waals surface area contributed by atoms with Crippen molar-refractivity contribution in [3.63, 3.8) is 0 Å². The summed E-state index contributed by atoms with van der Waals surface area (Å²) in [5, 5.41) is 7.70. The Morgan fingerprint density at radius 3 is 2.17 bits per heavy atom. The van der Waals surface area contributed by atoms with Crippen molar-refractivity contribution in [2.75, 3.05) is 4.90 Å². The lowest BCUT2D eigenvalue weighted by Crippen LogP contribution is -2.10. The number of rotatable bonds is 4. The van der Waals surface area contributed by atoms with Crippen LogP contribution in [0.5, 0.6) is 5.75 Å². The van der Waals surface area contributed by atoms with Gasteiger partial charge in [-0.25, -0.2) is 0 Å². The second kappa shape index (κ2) is 10.7. The zero-order valence-corrected chi connectivity index (χ0v) is 26.3. The summed E-state index contributed by atoms with van der Waals surface area (Å²) in [6, 6.07) is 59.4. The molecular weight excluding hydrogens is 583 g/mol. The van der Waals surface area contributed by atoms with Crippen LogP contribution in [0.25, 0.3) is 49.5 Å². The average Bonchev–Trinajstić information content (AvgIpc) is 3.50. The van der Waals surface area contributed by atoms with Gasteiger partial charge in [0.05, 0.1) is 0 Å². The SMILES string of the molecule is C1=C2Oc3cc(N(c4ccccc4)c4ccc(-c5cccc6c5ccc5ccc7ccccc7c56)cc4)ccc3C2Cc2ccccc21. The minimum Gasteiger partial charge on any atom is -0.461 e. The first kappa shape index (κ1) is 27.0. The Labute approximate surface area is 279 Å². The fourth-order valence-electron chi connectivity index (χ4n) is 7.89. The van der Waals surface area contributed by atoms with Gasteiger partial charge in [-0.15, -0.1) is 0 Å². The highest BCUT2D eigenvalue weighted by molar-refractivity contribution is 6.22. The molecule has 0 radical (unpaired) electrons. The van der Waals surface area contributed by atoms with Crippen molar-refractivity contribution in [1.29, 1.82) is 0 Å². The van der Waals surface area contributed by atoms with E-state index in [0.29, 0.717) is 0 Å². The van der Waals surface area contributed by atoms with Gasteiger partial charge in [0.2, 0.25) is 0 Å². The zero-order valence-electron chi connectivity index (χ0n) is 26.3. The van der Waals surface area contributed by atoms with Crippen LogP contribution in [0.4, 0.5) is 17.1 Å². The topological polar surface area (TPSA) is 12.5 Å². The summed E-state index contributed by atoms with van der Waals surface area (Å²) in [5.41, 5.74) is 9.63. The van der Waals surface area contributed by atoms with Gasteiger partial charge < -0.3 is 9.64 Å². The van der Waals surface area contributed by atoms with E-state index < -0.39 is 0 Å². The molecule has 226 valence electrons. The first-order chi connectivity index (χ1) is 23.8. The molecule has 1 aliphatic carbocycles. The lowest BCUT2D eigenvalue weighted by Gasteiger charge is -2.26. The molecule has 8 aromatic rings. The largest absolute Gasteiger partial charge is 0.461 e. The number of hydrogen-bond acceptors (Lipinski definition) is 2. The lowest BCUT2D eigenvalue weighted by atomic mass is 9.85. The molecule has 0 fully saturated rings. The molecule has 1 aliphatic heterocycles. The normalized spacial score (nSPS) is 14.7.